The third kappa shape index (κ3) is 5.12. The monoisotopic (exact) mass is 448 g/mol. The maximum atomic E-state index is 6.49. The van der Waals surface area contributed by atoms with Crippen LogP contribution in [0.4, 0.5) is 0 Å². The van der Waals surface area contributed by atoms with E-state index in [4.69, 9.17) is 34.8 Å². The summed E-state index contributed by atoms with van der Waals surface area (Å²) in [4.78, 5) is 5.40. The molecule has 0 saturated carbocycles. The first-order valence-electron chi connectivity index (χ1n) is 7.41. The van der Waals surface area contributed by atoms with E-state index in [9.17, 15) is 0 Å². The largest absolute Gasteiger partial charge is 0.336 e. The molecule has 132 valence electrons. The first kappa shape index (κ1) is 19.5. The lowest BCUT2D eigenvalue weighted by molar-refractivity contribution is 0.683. The Kier molecular flexibility index (Phi) is 7.06. The molecule has 0 N–H and O–H groups in total. The summed E-state index contributed by atoms with van der Waals surface area (Å²) < 4.78 is 3.16. The van der Waals surface area contributed by atoms with E-state index in [0.29, 0.717) is 10.0 Å². The molecule has 2 aromatic heterocycles. The first-order chi connectivity index (χ1) is 12.1. The molecule has 3 rings (SSSR count). The number of hydrogen-bond acceptors (Lipinski definition) is 4. The highest BCUT2D eigenvalue weighted by Crippen LogP contribution is 2.50. The Hall–Kier alpha value is -0.300. The van der Waals surface area contributed by atoms with Gasteiger partial charge in [0.05, 0.1) is 20.5 Å². The number of hydrogen-bond donors (Lipinski definition) is 0. The zero-order valence-corrected chi connectivity index (χ0v) is 18.0. The van der Waals surface area contributed by atoms with Crippen LogP contribution >= 0.6 is 69.7 Å². The van der Waals surface area contributed by atoms with Gasteiger partial charge in [-0.05, 0) is 36.1 Å². The van der Waals surface area contributed by atoms with Crippen LogP contribution < -0.4 is 0 Å². The van der Waals surface area contributed by atoms with E-state index in [1.807, 2.05) is 42.5 Å². The Morgan fingerprint density at radius 3 is 2.64 bits per heavy atom. The second kappa shape index (κ2) is 9.07. The van der Waals surface area contributed by atoms with Gasteiger partial charge >= 0.3 is 0 Å². The molecule has 2 nitrogen and oxygen atoms in total. The van der Waals surface area contributed by atoms with Gasteiger partial charge in [0.2, 0.25) is 0 Å². The van der Waals surface area contributed by atoms with Crippen LogP contribution in [-0.2, 0) is 6.54 Å². The van der Waals surface area contributed by atoms with E-state index in [1.165, 1.54) is 4.88 Å². The molecular weight excluding hydrogens is 435 g/mol. The summed E-state index contributed by atoms with van der Waals surface area (Å²) in [7, 11) is 0. The van der Waals surface area contributed by atoms with Gasteiger partial charge in [-0.2, -0.15) is 0 Å². The molecule has 2 unspecified atom stereocenters. The molecule has 2 heterocycles. The van der Waals surface area contributed by atoms with Crippen molar-refractivity contribution < 1.29 is 0 Å². The van der Waals surface area contributed by atoms with Crippen LogP contribution in [0.25, 0.3) is 0 Å². The average molecular weight is 450 g/mol. The minimum atomic E-state index is 0.164. The molecule has 2 atom stereocenters. The third-order valence-electron chi connectivity index (χ3n) is 3.57. The smallest absolute Gasteiger partial charge is 0.0946 e. The molecule has 0 bridgehead atoms. The van der Waals surface area contributed by atoms with Crippen LogP contribution in [-0.4, -0.2) is 15.8 Å². The minimum absolute atomic E-state index is 0.164. The van der Waals surface area contributed by atoms with Crippen molar-refractivity contribution in [2.24, 2.45) is 0 Å². The standard InChI is InChI=1S/C17H15Cl3N2S3/c1-23-17(14-4-5-16(20)24-14)25-15(9-22-7-6-21-10-22)12-3-2-11(18)8-13(12)19/h2-8,10,15,17H,9H2,1H3. The second-order valence-electron chi connectivity index (χ2n) is 5.26. The molecule has 0 aliphatic rings. The van der Waals surface area contributed by atoms with Crippen molar-refractivity contribution in [3.05, 3.63) is 73.9 Å². The van der Waals surface area contributed by atoms with Crippen molar-refractivity contribution in [2.75, 3.05) is 6.26 Å². The molecule has 25 heavy (non-hydrogen) atoms. The summed E-state index contributed by atoms with van der Waals surface area (Å²) in [6, 6.07) is 9.75. The van der Waals surface area contributed by atoms with Crippen molar-refractivity contribution >= 4 is 69.7 Å². The predicted octanol–water partition coefficient (Wildman–Crippen LogP) is 7.44. The average Bonchev–Trinajstić information content (AvgIpc) is 3.23. The third-order valence-corrected chi connectivity index (χ3v) is 8.56. The van der Waals surface area contributed by atoms with Crippen LogP contribution in [0.2, 0.25) is 14.4 Å². The summed E-state index contributed by atoms with van der Waals surface area (Å²) in [5.74, 6) is 0. The van der Waals surface area contributed by atoms with Crippen molar-refractivity contribution in [3.63, 3.8) is 0 Å². The van der Waals surface area contributed by atoms with Gasteiger partial charge < -0.3 is 4.57 Å². The molecule has 0 amide bonds. The van der Waals surface area contributed by atoms with E-state index in [-0.39, 0.29) is 9.83 Å². The van der Waals surface area contributed by atoms with Gasteiger partial charge in [-0.25, -0.2) is 4.98 Å². The fourth-order valence-electron chi connectivity index (χ4n) is 2.41. The zero-order chi connectivity index (χ0) is 17.8. The molecule has 0 aliphatic carbocycles. The highest BCUT2D eigenvalue weighted by molar-refractivity contribution is 8.16. The molecule has 1 aromatic carbocycles. The molecule has 0 saturated heterocycles. The topological polar surface area (TPSA) is 17.8 Å². The lowest BCUT2D eigenvalue weighted by Crippen LogP contribution is -2.07. The summed E-state index contributed by atoms with van der Waals surface area (Å²) in [6.45, 7) is 0.780. The zero-order valence-electron chi connectivity index (χ0n) is 13.2. The van der Waals surface area contributed by atoms with Crippen molar-refractivity contribution in [1.82, 2.24) is 9.55 Å². The van der Waals surface area contributed by atoms with E-state index in [2.05, 4.69) is 21.9 Å². The molecule has 0 aliphatic heterocycles. The lowest BCUT2D eigenvalue weighted by Gasteiger charge is -2.23. The summed E-state index contributed by atoms with van der Waals surface area (Å²) in [5.41, 5.74) is 1.08. The van der Waals surface area contributed by atoms with Gasteiger partial charge in [0.15, 0.2) is 0 Å². The van der Waals surface area contributed by atoms with Crippen LogP contribution in [0.5, 0.6) is 0 Å². The van der Waals surface area contributed by atoms with Crippen LogP contribution in [0.15, 0.2) is 49.1 Å². The van der Waals surface area contributed by atoms with Gasteiger partial charge in [-0.1, -0.05) is 40.9 Å². The number of thioether (sulfide) groups is 2. The summed E-state index contributed by atoms with van der Waals surface area (Å²) in [5, 5.41) is 1.50. The highest BCUT2D eigenvalue weighted by Gasteiger charge is 2.23. The van der Waals surface area contributed by atoms with Gasteiger partial charge in [-0.15, -0.1) is 34.9 Å². The Morgan fingerprint density at radius 1 is 1.20 bits per heavy atom. The number of thiophene rings is 1. The molecular formula is C17H15Cl3N2S3. The number of aromatic nitrogens is 2. The Morgan fingerprint density at radius 2 is 2.04 bits per heavy atom. The molecule has 0 spiro atoms. The SMILES string of the molecule is CSC(SC(Cn1ccnc1)c1ccc(Cl)cc1Cl)c1ccc(Cl)s1. The van der Waals surface area contributed by atoms with Gasteiger partial charge in [0.25, 0.3) is 0 Å². The Bertz CT molecular complexity index is 820. The van der Waals surface area contributed by atoms with Crippen LogP contribution in [0, 0.1) is 0 Å². The molecule has 0 fully saturated rings. The highest BCUT2D eigenvalue weighted by atomic mass is 35.5. The molecule has 8 heteroatoms. The molecule has 3 aromatic rings. The van der Waals surface area contributed by atoms with Crippen LogP contribution in [0.3, 0.4) is 0 Å². The first-order valence-corrected chi connectivity index (χ1v) is 11.6. The van der Waals surface area contributed by atoms with Gasteiger partial charge in [-0.3, -0.25) is 0 Å². The van der Waals surface area contributed by atoms with E-state index in [0.717, 1.165) is 16.4 Å². The summed E-state index contributed by atoms with van der Waals surface area (Å²) in [6.07, 6.45) is 7.69. The number of benzene rings is 1. The second-order valence-corrected chi connectivity index (χ2v) is 10.4. The predicted molar refractivity (Wildman–Crippen MR) is 115 cm³/mol. The molecule has 0 radical (unpaired) electrons. The van der Waals surface area contributed by atoms with Crippen LogP contribution in [0.1, 0.15) is 20.3 Å². The quantitative estimate of drug-likeness (QED) is 0.349. The summed E-state index contributed by atoms with van der Waals surface area (Å²) >= 11 is 24.0. The van der Waals surface area contributed by atoms with E-state index >= 15 is 0 Å². The van der Waals surface area contributed by atoms with Gasteiger partial charge in [0.1, 0.15) is 0 Å². The number of nitrogens with zero attached hydrogens (tertiary/aromatic N) is 2. The van der Waals surface area contributed by atoms with Crippen molar-refractivity contribution in [3.8, 4) is 0 Å². The van der Waals surface area contributed by atoms with Crippen molar-refractivity contribution in [2.45, 2.75) is 16.4 Å². The fourth-order valence-corrected chi connectivity index (χ4v) is 6.96. The Balaban J connectivity index is 1.89. The minimum Gasteiger partial charge on any atom is -0.336 e. The Labute approximate surface area is 174 Å². The number of imidazole rings is 1. The van der Waals surface area contributed by atoms with E-state index < -0.39 is 0 Å². The van der Waals surface area contributed by atoms with Gasteiger partial charge in [0, 0.05) is 33.9 Å². The number of halogens is 3. The normalized spacial score (nSPS) is 13.8. The van der Waals surface area contributed by atoms with Crippen molar-refractivity contribution in [1.29, 1.82) is 0 Å². The van der Waals surface area contributed by atoms with E-state index in [1.54, 1.807) is 35.4 Å². The maximum Gasteiger partial charge on any atom is 0.0946 e. The lowest BCUT2D eigenvalue weighted by atomic mass is 10.1. The number of rotatable bonds is 7. The fraction of sp³-hybridized carbons (Fsp3) is 0.235. The maximum absolute atomic E-state index is 6.49.